The smallest absolute Gasteiger partial charge is 0.0615 e. The maximum atomic E-state index is 8.67. The minimum atomic E-state index is 0.158. The monoisotopic (exact) mass is 168 g/mol. The normalized spacial score (nSPS) is 14.2. The lowest BCUT2D eigenvalue weighted by Gasteiger charge is -2.09. The summed E-state index contributed by atoms with van der Waals surface area (Å²) in [5.74, 6) is 0.548. The van der Waals surface area contributed by atoms with Gasteiger partial charge in [-0.05, 0) is 33.1 Å². The molecule has 0 unspecified atom stereocenters. The van der Waals surface area contributed by atoms with Gasteiger partial charge in [-0.25, -0.2) is 0 Å². The Morgan fingerprint density at radius 2 is 1.83 bits per heavy atom. The van der Waals surface area contributed by atoms with Gasteiger partial charge in [0.15, 0.2) is 0 Å². The fourth-order valence-corrected chi connectivity index (χ4v) is 0.944. The first-order valence-corrected chi connectivity index (χ1v) is 4.48. The lowest BCUT2D eigenvalue weighted by Crippen LogP contribution is -1.95. The quantitative estimate of drug-likeness (QED) is 0.640. The fourth-order valence-electron chi connectivity index (χ4n) is 0.944. The van der Waals surface area contributed by atoms with E-state index in [1.54, 1.807) is 0 Å². The number of hydrogen-bond donors (Lipinski definition) is 1. The summed E-state index contributed by atoms with van der Waals surface area (Å²) >= 11 is 0. The van der Waals surface area contributed by atoms with Crippen LogP contribution in [0.4, 0.5) is 0 Å². The first kappa shape index (κ1) is 11.4. The molecule has 12 heavy (non-hydrogen) atoms. The van der Waals surface area contributed by atoms with Crippen molar-refractivity contribution >= 4 is 0 Å². The predicted octanol–water partition coefficient (Wildman–Crippen LogP) is 2.92. The summed E-state index contributed by atoms with van der Waals surface area (Å²) in [6.45, 7) is 8.63. The van der Waals surface area contributed by atoms with Crippen LogP contribution in [0.15, 0.2) is 23.3 Å². The number of aliphatic hydroxyl groups excluding tert-OH is 1. The van der Waals surface area contributed by atoms with Crippen molar-refractivity contribution in [3.05, 3.63) is 23.3 Å². The van der Waals surface area contributed by atoms with Gasteiger partial charge in [0.25, 0.3) is 0 Å². The van der Waals surface area contributed by atoms with Crippen molar-refractivity contribution in [2.24, 2.45) is 5.92 Å². The first-order chi connectivity index (χ1) is 5.57. The second-order valence-electron chi connectivity index (χ2n) is 3.55. The third-order valence-electron chi connectivity index (χ3n) is 2.07. The number of aliphatic hydroxyl groups is 1. The summed E-state index contributed by atoms with van der Waals surface area (Å²) < 4.78 is 0. The van der Waals surface area contributed by atoms with Crippen molar-refractivity contribution in [1.82, 2.24) is 0 Å². The van der Waals surface area contributed by atoms with E-state index < -0.39 is 0 Å². The maximum absolute atomic E-state index is 8.67. The molecule has 0 bridgehead atoms. The second kappa shape index (κ2) is 6.01. The van der Waals surface area contributed by atoms with Gasteiger partial charge in [0, 0.05) is 0 Å². The van der Waals surface area contributed by atoms with Gasteiger partial charge in [-0.1, -0.05) is 30.2 Å². The standard InChI is InChI=1S/C11H20O/c1-9(2)5-6-10(3)11(4)7-8-12/h5,7,10,12H,6,8H2,1-4H3/b11-7+/t10-/m0/s1. The summed E-state index contributed by atoms with van der Waals surface area (Å²) in [7, 11) is 0. The van der Waals surface area contributed by atoms with Crippen LogP contribution in [0, 0.1) is 5.92 Å². The van der Waals surface area contributed by atoms with Crippen LogP contribution in [0.25, 0.3) is 0 Å². The molecule has 0 aromatic carbocycles. The average molecular weight is 168 g/mol. The molecule has 1 atom stereocenters. The van der Waals surface area contributed by atoms with E-state index in [-0.39, 0.29) is 6.61 Å². The average Bonchev–Trinajstić information content (AvgIpc) is 2.00. The van der Waals surface area contributed by atoms with Crippen LogP contribution in [0.5, 0.6) is 0 Å². The number of hydrogen-bond acceptors (Lipinski definition) is 1. The topological polar surface area (TPSA) is 20.2 Å². The summed E-state index contributed by atoms with van der Waals surface area (Å²) in [6, 6.07) is 0. The zero-order valence-corrected chi connectivity index (χ0v) is 8.59. The Kier molecular flexibility index (Phi) is 5.73. The molecule has 0 heterocycles. The van der Waals surface area contributed by atoms with E-state index in [0.717, 1.165) is 6.42 Å². The Labute approximate surface area is 75.8 Å². The zero-order valence-electron chi connectivity index (χ0n) is 8.59. The Morgan fingerprint density at radius 3 is 2.25 bits per heavy atom. The van der Waals surface area contributed by atoms with Gasteiger partial charge in [-0.3, -0.25) is 0 Å². The molecule has 0 amide bonds. The molecular formula is C11H20O. The van der Waals surface area contributed by atoms with Crippen LogP contribution in [0.2, 0.25) is 0 Å². The van der Waals surface area contributed by atoms with Gasteiger partial charge in [-0.15, -0.1) is 0 Å². The van der Waals surface area contributed by atoms with Gasteiger partial charge in [-0.2, -0.15) is 0 Å². The molecule has 0 aliphatic heterocycles. The van der Waals surface area contributed by atoms with E-state index >= 15 is 0 Å². The van der Waals surface area contributed by atoms with E-state index in [1.807, 2.05) is 6.08 Å². The molecule has 0 radical (unpaired) electrons. The van der Waals surface area contributed by atoms with Crippen molar-refractivity contribution in [3.63, 3.8) is 0 Å². The summed E-state index contributed by atoms with van der Waals surface area (Å²) in [5, 5.41) is 8.67. The molecular weight excluding hydrogens is 148 g/mol. The SMILES string of the molecule is CC(C)=CC[C@H](C)/C(C)=C/CO. The lowest BCUT2D eigenvalue weighted by atomic mass is 9.98. The molecule has 0 aromatic heterocycles. The Hall–Kier alpha value is -0.560. The van der Waals surface area contributed by atoms with Crippen LogP contribution in [-0.2, 0) is 0 Å². The third-order valence-corrected chi connectivity index (χ3v) is 2.07. The highest BCUT2D eigenvalue weighted by Gasteiger charge is 2.00. The van der Waals surface area contributed by atoms with Crippen LogP contribution in [-0.4, -0.2) is 11.7 Å². The Balaban J connectivity index is 3.95. The lowest BCUT2D eigenvalue weighted by molar-refractivity contribution is 0.340. The summed E-state index contributed by atoms with van der Waals surface area (Å²) in [5.41, 5.74) is 2.63. The van der Waals surface area contributed by atoms with Crippen molar-refractivity contribution in [2.45, 2.75) is 34.1 Å². The number of rotatable bonds is 4. The molecule has 0 aliphatic carbocycles. The molecule has 1 N–H and O–H groups in total. The van der Waals surface area contributed by atoms with Crippen molar-refractivity contribution in [2.75, 3.05) is 6.61 Å². The third kappa shape index (κ3) is 5.14. The van der Waals surface area contributed by atoms with E-state index in [2.05, 4.69) is 33.8 Å². The fraction of sp³-hybridized carbons (Fsp3) is 0.636. The molecule has 0 aliphatic rings. The molecule has 0 saturated heterocycles. The highest BCUT2D eigenvalue weighted by molar-refractivity contribution is 5.05. The van der Waals surface area contributed by atoms with Crippen LogP contribution in [0.3, 0.4) is 0 Å². The van der Waals surface area contributed by atoms with Gasteiger partial charge in [0.05, 0.1) is 6.61 Å². The summed E-state index contributed by atoms with van der Waals surface area (Å²) in [4.78, 5) is 0. The molecule has 0 aromatic rings. The second-order valence-corrected chi connectivity index (χ2v) is 3.55. The van der Waals surface area contributed by atoms with Gasteiger partial charge >= 0.3 is 0 Å². The van der Waals surface area contributed by atoms with Crippen molar-refractivity contribution in [1.29, 1.82) is 0 Å². The molecule has 0 saturated carbocycles. The van der Waals surface area contributed by atoms with Crippen LogP contribution < -0.4 is 0 Å². The van der Waals surface area contributed by atoms with Gasteiger partial charge < -0.3 is 5.11 Å². The predicted molar refractivity (Wildman–Crippen MR) is 54.1 cm³/mol. The van der Waals surface area contributed by atoms with Crippen LogP contribution in [0.1, 0.15) is 34.1 Å². The van der Waals surface area contributed by atoms with E-state index in [1.165, 1.54) is 11.1 Å². The maximum Gasteiger partial charge on any atom is 0.0615 e. The van der Waals surface area contributed by atoms with Crippen molar-refractivity contribution in [3.8, 4) is 0 Å². The van der Waals surface area contributed by atoms with E-state index in [0.29, 0.717) is 5.92 Å². The molecule has 0 spiro atoms. The molecule has 0 rings (SSSR count). The summed E-state index contributed by atoms with van der Waals surface area (Å²) in [6.07, 6.45) is 5.19. The Morgan fingerprint density at radius 1 is 1.25 bits per heavy atom. The van der Waals surface area contributed by atoms with E-state index in [9.17, 15) is 0 Å². The minimum absolute atomic E-state index is 0.158. The van der Waals surface area contributed by atoms with Crippen molar-refractivity contribution < 1.29 is 5.11 Å². The Bertz CT molecular complexity index is 173. The van der Waals surface area contributed by atoms with Crippen LogP contribution >= 0.6 is 0 Å². The molecule has 0 fully saturated rings. The molecule has 1 heteroatoms. The highest BCUT2D eigenvalue weighted by atomic mass is 16.2. The highest BCUT2D eigenvalue weighted by Crippen LogP contribution is 2.14. The largest absolute Gasteiger partial charge is 0.392 e. The zero-order chi connectivity index (χ0) is 9.56. The first-order valence-electron chi connectivity index (χ1n) is 4.48. The van der Waals surface area contributed by atoms with Gasteiger partial charge in [0.2, 0.25) is 0 Å². The number of allylic oxidation sites excluding steroid dienone is 3. The minimum Gasteiger partial charge on any atom is -0.392 e. The van der Waals surface area contributed by atoms with E-state index in [4.69, 9.17) is 5.11 Å². The van der Waals surface area contributed by atoms with Gasteiger partial charge in [0.1, 0.15) is 0 Å². The molecule has 1 nitrogen and oxygen atoms in total. The molecule has 70 valence electrons.